The minimum atomic E-state index is 0.0218. The zero-order valence-corrected chi connectivity index (χ0v) is 11.6. The average molecular weight is 274 g/mol. The smallest absolute Gasteiger partial charge is 0.224 e. The van der Waals surface area contributed by atoms with Gasteiger partial charge < -0.3 is 16.2 Å². The number of nitrogens with one attached hydrogen (secondary N) is 1. The highest BCUT2D eigenvalue weighted by molar-refractivity contribution is 5.80. The molecule has 0 spiro atoms. The van der Waals surface area contributed by atoms with Crippen LogP contribution in [-0.2, 0) is 11.2 Å². The first-order valence-electron chi connectivity index (χ1n) is 7.46. The summed E-state index contributed by atoms with van der Waals surface area (Å²) in [7, 11) is 0. The number of hydrogen-bond donors (Lipinski definition) is 3. The summed E-state index contributed by atoms with van der Waals surface area (Å²) in [5, 5.41) is 12.2. The van der Waals surface area contributed by atoms with Crippen LogP contribution in [-0.4, -0.2) is 23.6 Å². The average Bonchev–Trinajstić information content (AvgIpc) is 3.01. The van der Waals surface area contributed by atoms with Crippen LogP contribution in [0.5, 0.6) is 5.75 Å². The van der Waals surface area contributed by atoms with Crippen molar-refractivity contribution in [2.24, 2.45) is 23.5 Å². The zero-order valence-electron chi connectivity index (χ0n) is 11.6. The van der Waals surface area contributed by atoms with Crippen molar-refractivity contribution in [2.45, 2.75) is 31.7 Å². The van der Waals surface area contributed by atoms with Crippen LogP contribution in [0.15, 0.2) is 24.3 Å². The lowest BCUT2D eigenvalue weighted by atomic mass is 9.84. The third-order valence-corrected chi connectivity index (χ3v) is 4.93. The summed E-state index contributed by atoms with van der Waals surface area (Å²) in [4.78, 5) is 12.3. The molecule has 0 aromatic heterocycles. The van der Waals surface area contributed by atoms with Crippen LogP contribution in [0.4, 0.5) is 0 Å². The van der Waals surface area contributed by atoms with Gasteiger partial charge in [0.15, 0.2) is 0 Å². The van der Waals surface area contributed by atoms with Gasteiger partial charge in [-0.3, -0.25) is 4.79 Å². The highest BCUT2D eigenvalue weighted by Crippen LogP contribution is 2.47. The van der Waals surface area contributed by atoms with Crippen molar-refractivity contribution in [3.8, 4) is 5.75 Å². The third kappa shape index (κ3) is 2.52. The molecular weight excluding hydrogens is 252 g/mol. The van der Waals surface area contributed by atoms with Gasteiger partial charge in [0.2, 0.25) is 5.91 Å². The van der Waals surface area contributed by atoms with Crippen LogP contribution in [0.25, 0.3) is 0 Å². The quantitative estimate of drug-likeness (QED) is 0.777. The fourth-order valence-electron chi connectivity index (χ4n) is 3.84. The second-order valence-electron chi connectivity index (χ2n) is 6.14. The first-order chi connectivity index (χ1) is 9.65. The summed E-state index contributed by atoms with van der Waals surface area (Å²) in [6.07, 6.45) is 4.27. The van der Waals surface area contributed by atoms with Crippen molar-refractivity contribution < 1.29 is 9.90 Å². The Hall–Kier alpha value is -1.55. The van der Waals surface area contributed by atoms with Crippen molar-refractivity contribution in [2.75, 3.05) is 6.54 Å². The van der Waals surface area contributed by atoms with Crippen molar-refractivity contribution in [1.29, 1.82) is 0 Å². The van der Waals surface area contributed by atoms with Gasteiger partial charge >= 0.3 is 0 Å². The number of phenolic OH excluding ortho intramolecular Hbond substituents is 1. The van der Waals surface area contributed by atoms with Crippen LogP contribution in [0.2, 0.25) is 0 Å². The molecule has 4 nitrogen and oxygen atoms in total. The minimum absolute atomic E-state index is 0.0218. The van der Waals surface area contributed by atoms with Crippen molar-refractivity contribution >= 4 is 5.91 Å². The molecule has 3 rings (SSSR count). The Balaban J connectivity index is 1.49. The van der Waals surface area contributed by atoms with Crippen LogP contribution in [0.3, 0.4) is 0 Å². The molecule has 20 heavy (non-hydrogen) atoms. The Morgan fingerprint density at radius 2 is 1.95 bits per heavy atom. The third-order valence-electron chi connectivity index (χ3n) is 4.93. The number of phenols is 1. The summed E-state index contributed by atoms with van der Waals surface area (Å²) in [6.45, 7) is 0.629. The molecule has 1 amide bonds. The summed E-state index contributed by atoms with van der Waals surface area (Å²) < 4.78 is 0. The number of rotatable bonds is 4. The van der Waals surface area contributed by atoms with Gasteiger partial charge in [0.05, 0.1) is 5.92 Å². The molecule has 0 heterocycles. The molecule has 0 radical (unpaired) electrons. The number of hydrogen-bond acceptors (Lipinski definition) is 3. The number of aromatic hydroxyl groups is 1. The lowest BCUT2D eigenvalue weighted by Crippen LogP contribution is -2.45. The van der Waals surface area contributed by atoms with E-state index in [4.69, 9.17) is 5.73 Å². The van der Waals surface area contributed by atoms with Gasteiger partial charge in [-0.1, -0.05) is 12.1 Å². The van der Waals surface area contributed by atoms with Gasteiger partial charge in [0.25, 0.3) is 0 Å². The van der Waals surface area contributed by atoms with Crippen molar-refractivity contribution in [1.82, 2.24) is 5.32 Å². The lowest BCUT2D eigenvalue weighted by Gasteiger charge is -2.27. The number of fused-ring (bicyclic) bond motifs is 2. The highest BCUT2D eigenvalue weighted by Gasteiger charge is 2.48. The van der Waals surface area contributed by atoms with E-state index in [0.717, 1.165) is 24.8 Å². The van der Waals surface area contributed by atoms with Gasteiger partial charge in [-0.05, 0) is 55.2 Å². The van der Waals surface area contributed by atoms with Crippen LogP contribution < -0.4 is 11.1 Å². The number of amides is 1. The molecule has 4 heteroatoms. The van der Waals surface area contributed by atoms with E-state index in [1.807, 2.05) is 12.1 Å². The molecule has 2 saturated carbocycles. The highest BCUT2D eigenvalue weighted by atomic mass is 16.3. The Bertz CT molecular complexity index is 484. The maximum atomic E-state index is 12.3. The number of carbonyl (C=O) groups excluding carboxylic acids is 1. The SMILES string of the molecule is NC1C2CCC(C2)C1C(=O)NCCc1ccc(O)cc1. The predicted molar refractivity (Wildman–Crippen MR) is 77.1 cm³/mol. The molecule has 2 aliphatic rings. The summed E-state index contributed by atoms with van der Waals surface area (Å²) in [6, 6.07) is 7.16. The molecule has 2 aliphatic carbocycles. The molecule has 4 N–H and O–H groups in total. The van der Waals surface area contributed by atoms with Crippen molar-refractivity contribution in [3.63, 3.8) is 0 Å². The van der Waals surface area contributed by atoms with E-state index in [0.29, 0.717) is 18.4 Å². The van der Waals surface area contributed by atoms with E-state index in [-0.39, 0.29) is 23.6 Å². The molecule has 4 atom stereocenters. The van der Waals surface area contributed by atoms with Crippen molar-refractivity contribution in [3.05, 3.63) is 29.8 Å². The standard InChI is InChI=1S/C16H22N2O2/c17-15-12-4-3-11(9-12)14(15)16(20)18-8-7-10-1-5-13(19)6-2-10/h1-2,5-6,11-12,14-15,19H,3-4,7-9,17H2,(H,18,20). The molecule has 2 bridgehead atoms. The van der Waals surface area contributed by atoms with Gasteiger partial charge in [0, 0.05) is 12.6 Å². The van der Waals surface area contributed by atoms with Gasteiger partial charge in [-0.15, -0.1) is 0 Å². The van der Waals surface area contributed by atoms with E-state index < -0.39 is 0 Å². The second kappa shape index (κ2) is 5.44. The molecule has 108 valence electrons. The Labute approximate surface area is 119 Å². The van der Waals surface area contributed by atoms with Crippen LogP contribution in [0.1, 0.15) is 24.8 Å². The van der Waals surface area contributed by atoms with Crippen LogP contribution >= 0.6 is 0 Å². The molecule has 2 fully saturated rings. The minimum Gasteiger partial charge on any atom is -0.508 e. The van der Waals surface area contributed by atoms with E-state index >= 15 is 0 Å². The molecule has 0 saturated heterocycles. The Morgan fingerprint density at radius 3 is 2.60 bits per heavy atom. The normalized spacial score (nSPS) is 31.4. The van der Waals surface area contributed by atoms with Crippen LogP contribution in [0, 0.1) is 17.8 Å². The summed E-state index contributed by atoms with van der Waals surface area (Å²) >= 11 is 0. The predicted octanol–water partition coefficient (Wildman–Crippen LogP) is 1.42. The number of nitrogens with two attached hydrogens (primary N) is 1. The fourth-order valence-corrected chi connectivity index (χ4v) is 3.84. The Morgan fingerprint density at radius 1 is 1.25 bits per heavy atom. The first kappa shape index (κ1) is 13.4. The van der Waals surface area contributed by atoms with Gasteiger partial charge in [0.1, 0.15) is 5.75 Å². The van der Waals surface area contributed by atoms with E-state index in [9.17, 15) is 9.90 Å². The van der Waals surface area contributed by atoms with E-state index in [2.05, 4.69) is 5.32 Å². The molecule has 1 aromatic rings. The Kier molecular flexibility index (Phi) is 3.66. The van der Waals surface area contributed by atoms with Gasteiger partial charge in [-0.25, -0.2) is 0 Å². The monoisotopic (exact) mass is 274 g/mol. The molecular formula is C16H22N2O2. The lowest BCUT2D eigenvalue weighted by molar-refractivity contribution is -0.127. The van der Waals surface area contributed by atoms with Gasteiger partial charge in [-0.2, -0.15) is 0 Å². The molecule has 4 unspecified atom stereocenters. The number of carbonyl (C=O) groups is 1. The van der Waals surface area contributed by atoms with E-state index in [1.165, 1.54) is 6.42 Å². The van der Waals surface area contributed by atoms with E-state index in [1.54, 1.807) is 12.1 Å². The second-order valence-corrected chi connectivity index (χ2v) is 6.14. The largest absolute Gasteiger partial charge is 0.508 e. The first-order valence-corrected chi connectivity index (χ1v) is 7.46. The fraction of sp³-hybridized carbons (Fsp3) is 0.562. The number of benzene rings is 1. The summed E-state index contributed by atoms with van der Waals surface area (Å²) in [5.41, 5.74) is 7.29. The maximum Gasteiger partial charge on any atom is 0.224 e. The summed E-state index contributed by atoms with van der Waals surface area (Å²) in [5.74, 6) is 1.49. The molecule has 0 aliphatic heterocycles. The maximum absolute atomic E-state index is 12.3. The zero-order chi connectivity index (χ0) is 14.1. The topological polar surface area (TPSA) is 75.4 Å². The molecule has 1 aromatic carbocycles.